The molecule has 0 saturated carbocycles. The lowest BCUT2D eigenvalue weighted by molar-refractivity contribution is 0.0265. The molecule has 1 heterocycles. The van der Waals surface area contributed by atoms with Crippen LogP contribution in [0.4, 0.5) is 0 Å². The molecular weight excluding hydrogens is 228 g/mol. The van der Waals surface area contributed by atoms with Crippen LogP contribution >= 0.6 is 0 Å². The normalized spacial score (nSPS) is 20.9. The summed E-state index contributed by atoms with van der Waals surface area (Å²) in [4.78, 5) is 0. The Balaban J connectivity index is 2.37. The number of nitrogens with one attached hydrogen (secondary N) is 2. The molecule has 0 aromatic heterocycles. The number of hydrogen-bond donors (Lipinski definition) is 2. The predicted octanol–water partition coefficient (Wildman–Crippen LogP) is -0.0581. The van der Waals surface area contributed by atoms with Crippen molar-refractivity contribution in [1.82, 2.24) is 10.0 Å². The molecular formula is C10H22N2O3S. The Kier molecular flexibility index (Phi) is 5.17. The van der Waals surface area contributed by atoms with Crippen molar-refractivity contribution in [3.63, 3.8) is 0 Å². The van der Waals surface area contributed by atoms with E-state index in [1.54, 1.807) is 7.05 Å². The molecule has 0 radical (unpaired) electrons. The molecule has 16 heavy (non-hydrogen) atoms. The fraction of sp³-hybridized carbons (Fsp3) is 1.00. The molecule has 0 unspecified atom stereocenters. The number of sulfonamides is 1. The van der Waals surface area contributed by atoms with Crippen molar-refractivity contribution in [3.8, 4) is 0 Å². The van der Waals surface area contributed by atoms with E-state index in [-0.39, 0.29) is 11.2 Å². The minimum Gasteiger partial charge on any atom is -0.381 e. The smallest absolute Gasteiger partial charge is 0.212 e. The molecule has 1 aliphatic rings. The van der Waals surface area contributed by atoms with Crippen molar-refractivity contribution >= 4 is 10.0 Å². The first kappa shape index (κ1) is 13.9. The van der Waals surface area contributed by atoms with Gasteiger partial charge in [-0.3, -0.25) is 0 Å². The molecule has 0 aromatic carbocycles. The van der Waals surface area contributed by atoms with Crippen molar-refractivity contribution in [2.24, 2.45) is 5.41 Å². The molecule has 1 fully saturated rings. The summed E-state index contributed by atoms with van der Waals surface area (Å²) in [6.45, 7) is 4.57. The Morgan fingerprint density at radius 2 is 1.94 bits per heavy atom. The first-order valence-corrected chi connectivity index (χ1v) is 7.32. The van der Waals surface area contributed by atoms with E-state index in [0.29, 0.717) is 13.1 Å². The Morgan fingerprint density at radius 1 is 1.31 bits per heavy atom. The van der Waals surface area contributed by atoms with E-state index >= 15 is 0 Å². The molecule has 0 bridgehead atoms. The number of rotatable bonds is 6. The van der Waals surface area contributed by atoms with E-state index in [9.17, 15) is 8.42 Å². The van der Waals surface area contributed by atoms with Crippen LogP contribution in [0.2, 0.25) is 0 Å². The van der Waals surface area contributed by atoms with Gasteiger partial charge < -0.3 is 10.1 Å². The van der Waals surface area contributed by atoms with Crippen molar-refractivity contribution in [3.05, 3.63) is 0 Å². The van der Waals surface area contributed by atoms with E-state index < -0.39 is 10.0 Å². The van der Waals surface area contributed by atoms with Crippen LogP contribution in [0.1, 0.15) is 19.8 Å². The van der Waals surface area contributed by atoms with Crippen molar-refractivity contribution in [2.75, 3.05) is 39.1 Å². The van der Waals surface area contributed by atoms with Gasteiger partial charge in [0.1, 0.15) is 0 Å². The van der Waals surface area contributed by atoms with Crippen LogP contribution in [0.5, 0.6) is 0 Å². The monoisotopic (exact) mass is 250 g/mol. The zero-order valence-electron chi connectivity index (χ0n) is 10.1. The quantitative estimate of drug-likeness (QED) is 0.693. The van der Waals surface area contributed by atoms with Crippen LogP contribution < -0.4 is 10.0 Å². The Hall–Kier alpha value is -0.170. The topological polar surface area (TPSA) is 67.4 Å². The third kappa shape index (κ3) is 4.78. The molecule has 0 aliphatic carbocycles. The molecule has 0 amide bonds. The molecule has 0 spiro atoms. The summed E-state index contributed by atoms with van der Waals surface area (Å²) in [6, 6.07) is 0. The third-order valence-electron chi connectivity index (χ3n) is 3.04. The standard InChI is InChI=1S/C10H22N2O3S/c1-10(3-6-15-7-4-10)9-12-16(13,14)8-5-11-2/h11-12H,3-9H2,1-2H3. The van der Waals surface area contributed by atoms with Gasteiger partial charge in [-0.05, 0) is 25.3 Å². The second-order valence-corrected chi connectivity index (χ2v) is 6.59. The molecule has 6 heteroatoms. The zero-order valence-corrected chi connectivity index (χ0v) is 10.9. The maximum absolute atomic E-state index is 11.6. The molecule has 0 aromatic rings. The largest absolute Gasteiger partial charge is 0.381 e. The third-order valence-corrected chi connectivity index (χ3v) is 4.37. The van der Waals surface area contributed by atoms with Gasteiger partial charge >= 0.3 is 0 Å². The Bertz CT molecular complexity index is 297. The highest BCUT2D eigenvalue weighted by molar-refractivity contribution is 7.89. The minimum absolute atomic E-state index is 0.0466. The van der Waals surface area contributed by atoms with Gasteiger partial charge in [0.25, 0.3) is 0 Å². The molecule has 1 saturated heterocycles. The lowest BCUT2D eigenvalue weighted by atomic mass is 9.83. The maximum Gasteiger partial charge on any atom is 0.212 e. The van der Waals surface area contributed by atoms with Crippen LogP contribution in [-0.4, -0.2) is 47.5 Å². The molecule has 2 N–H and O–H groups in total. The summed E-state index contributed by atoms with van der Waals surface area (Å²) in [6.07, 6.45) is 1.84. The van der Waals surface area contributed by atoms with Gasteiger partial charge in [0.2, 0.25) is 10.0 Å². The summed E-state index contributed by atoms with van der Waals surface area (Å²) in [5, 5.41) is 2.83. The number of ether oxygens (including phenoxy) is 1. The second kappa shape index (κ2) is 5.95. The van der Waals surface area contributed by atoms with Crippen molar-refractivity contribution in [2.45, 2.75) is 19.8 Å². The van der Waals surface area contributed by atoms with Gasteiger partial charge in [0.05, 0.1) is 5.75 Å². The average molecular weight is 250 g/mol. The van der Waals surface area contributed by atoms with Gasteiger partial charge in [0.15, 0.2) is 0 Å². The van der Waals surface area contributed by atoms with E-state index in [1.807, 2.05) is 0 Å². The van der Waals surface area contributed by atoms with Crippen LogP contribution in [0, 0.1) is 5.41 Å². The average Bonchev–Trinajstić information content (AvgIpc) is 2.25. The Morgan fingerprint density at radius 3 is 2.50 bits per heavy atom. The van der Waals surface area contributed by atoms with Crippen LogP contribution in [0.3, 0.4) is 0 Å². The highest BCUT2D eigenvalue weighted by Crippen LogP contribution is 2.28. The van der Waals surface area contributed by atoms with Crippen molar-refractivity contribution in [1.29, 1.82) is 0 Å². The van der Waals surface area contributed by atoms with E-state index in [4.69, 9.17) is 4.74 Å². The predicted molar refractivity (Wildman–Crippen MR) is 63.9 cm³/mol. The maximum atomic E-state index is 11.6. The fourth-order valence-electron chi connectivity index (χ4n) is 1.63. The minimum atomic E-state index is -3.13. The summed E-state index contributed by atoms with van der Waals surface area (Å²) in [5.41, 5.74) is 0.0466. The lowest BCUT2D eigenvalue weighted by Crippen LogP contribution is -2.41. The fourth-order valence-corrected chi connectivity index (χ4v) is 2.82. The summed E-state index contributed by atoms with van der Waals surface area (Å²) < 4.78 is 31.1. The van der Waals surface area contributed by atoms with Crippen LogP contribution in [0.15, 0.2) is 0 Å². The SMILES string of the molecule is CNCCS(=O)(=O)NCC1(C)CCOCC1. The molecule has 5 nitrogen and oxygen atoms in total. The van der Waals surface area contributed by atoms with E-state index in [1.165, 1.54) is 0 Å². The summed E-state index contributed by atoms with van der Waals surface area (Å²) in [7, 11) is -1.39. The van der Waals surface area contributed by atoms with E-state index in [0.717, 1.165) is 26.1 Å². The molecule has 1 rings (SSSR count). The molecule has 0 atom stereocenters. The van der Waals surface area contributed by atoms with E-state index in [2.05, 4.69) is 17.0 Å². The highest BCUT2D eigenvalue weighted by Gasteiger charge is 2.28. The van der Waals surface area contributed by atoms with Crippen LogP contribution in [-0.2, 0) is 14.8 Å². The van der Waals surface area contributed by atoms with Gasteiger partial charge in [-0.25, -0.2) is 13.1 Å². The van der Waals surface area contributed by atoms with Gasteiger partial charge in [-0.2, -0.15) is 0 Å². The van der Waals surface area contributed by atoms with Crippen molar-refractivity contribution < 1.29 is 13.2 Å². The summed E-state index contributed by atoms with van der Waals surface area (Å²) in [5.74, 6) is 0.135. The highest BCUT2D eigenvalue weighted by atomic mass is 32.2. The summed E-state index contributed by atoms with van der Waals surface area (Å²) >= 11 is 0. The zero-order chi connectivity index (χ0) is 12.1. The van der Waals surface area contributed by atoms with Gasteiger partial charge in [-0.1, -0.05) is 6.92 Å². The van der Waals surface area contributed by atoms with Gasteiger partial charge in [-0.15, -0.1) is 0 Å². The molecule has 1 aliphatic heterocycles. The number of hydrogen-bond acceptors (Lipinski definition) is 4. The van der Waals surface area contributed by atoms with Crippen LogP contribution in [0.25, 0.3) is 0 Å². The molecule has 96 valence electrons. The first-order valence-electron chi connectivity index (χ1n) is 5.67. The first-order chi connectivity index (χ1) is 7.47. The van der Waals surface area contributed by atoms with Gasteiger partial charge in [0, 0.05) is 26.3 Å². The second-order valence-electron chi connectivity index (χ2n) is 4.67. The Labute approximate surface area is 98.0 Å². The lowest BCUT2D eigenvalue weighted by Gasteiger charge is -2.33.